The molecule has 0 saturated carbocycles. The summed E-state index contributed by atoms with van der Waals surface area (Å²) in [6, 6.07) is 9.06. The van der Waals surface area contributed by atoms with Gasteiger partial charge in [0.25, 0.3) is 5.91 Å². The Hall–Kier alpha value is -3.11. The summed E-state index contributed by atoms with van der Waals surface area (Å²) in [6.45, 7) is 2.01. The third-order valence-corrected chi connectivity index (χ3v) is 5.89. The molecule has 1 aliphatic rings. The number of fused-ring (bicyclic) bond motifs is 1. The lowest BCUT2D eigenvalue weighted by atomic mass is 9.95. The van der Waals surface area contributed by atoms with Gasteiger partial charge in [-0.05, 0) is 50.3 Å². The highest BCUT2D eigenvalue weighted by molar-refractivity contribution is 7.17. The van der Waals surface area contributed by atoms with Gasteiger partial charge >= 0.3 is 5.97 Å². The van der Waals surface area contributed by atoms with Crippen molar-refractivity contribution in [2.24, 2.45) is 0 Å². The van der Waals surface area contributed by atoms with E-state index in [4.69, 9.17) is 9.47 Å². The van der Waals surface area contributed by atoms with E-state index in [1.54, 1.807) is 25.1 Å². The van der Waals surface area contributed by atoms with Crippen LogP contribution >= 0.6 is 11.3 Å². The average molecular weight is 410 g/mol. The first kappa shape index (κ1) is 20.6. The van der Waals surface area contributed by atoms with Crippen LogP contribution in [0.5, 0.6) is 5.75 Å². The van der Waals surface area contributed by atoms with Crippen LogP contribution in [-0.2, 0) is 22.4 Å². The Kier molecular flexibility index (Phi) is 6.68. The van der Waals surface area contributed by atoms with Crippen molar-refractivity contribution in [1.82, 2.24) is 0 Å². The van der Waals surface area contributed by atoms with Gasteiger partial charge in [-0.3, -0.25) is 4.79 Å². The van der Waals surface area contributed by atoms with Gasteiger partial charge in [-0.25, -0.2) is 4.79 Å². The fourth-order valence-corrected chi connectivity index (χ4v) is 4.61. The maximum atomic E-state index is 12.8. The highest BCUT2D eigenvalue weighted by atomic mass is 32.1. The zero-order chi connectivity index (χ0) is 20.8. The van der Waals surface area contributed by atoms with Crippen molar-refractivity contribution in [2.45, 2.75) is 32.6 Å². The fourth-order valence-electron chi connectivity index (χ4n) is 3.33. The molecule has 0 aliphatic heterocycles. The zero-order valence-electron chi connectivity index (χ0n) is 16.4. The third-order valence-electron chi connectivity index (χ3n) is 4.68. The second kappa shape index (κ2) is 9.39. The molecule has 1 heterocycles. The van der Waals surface area contributed by atoms with Crippen LogP contribution in [0.2, 0.25) is 0 Å². The summed E-state index contributed by atoms with van der Waals surface area (Å²) in [4.78, 5) is 26.4. The van der Waals surface area contributed by atoms with E-state index in [-0.39, 0.29) is 12.2 Å². The number of benzene rings is 1. The number of methoxy groups -OCH3 is 1. The smallest absolute Gasteiger partial charge is 0.341 e. The predicted molar refractivity (Wildman–Crippen MR) is 112 cm³/mol. The summed E-state index contributed by atoms with van der Waals surface area (Å²) in [5.41, 5.74) is 1.94. The number of thiophene rings is 1. The number of amides is 1. The van der Waals surface area contributed by atoms with Crippen molar-refractivity contribution in [3.8, 4) is 11.8 Å². The number of nitriles is 1. The quantitative estimate of drug-likeness (QED) is 0.434. The number of nitrogens with one attached hydrogen (secondary N) is 1. The van der Waals surface area contributed by atoms with Crippen molar-refractivity contribution >= 4 is 34.3 Å². The van der Waals surface area contributed by atoms with Gasteiger partial charge in [0.2, 0.25) is 0 Å². The van der Waals surface area contributed by atoms with Crippen LogP contribution in [-0.4, -0.2) is 25.6 Å². The minimum Gasteiger partial charge on any atom is -0.496 e. The molecule has 7 heteroatoms. The molecule has 1 N–H and O–H groups in total. The normalized spacial score (nSPS) is 13.2. The molecule has 0 atom stereocenters. The predicted octanol–water partition coefficient (Wildman–Crippen LogP) is 4.36. The van der Waals surface area contributed by atoms with Crippen molar-refractivity contribution in [1.29, 1.82) is 5.26 Å². The number of nitrogens with zero attached hydrogens (tertiary/aromatic N) is 1. The summed E-state index contributed by atoms with van der Waals surface area (Å²) in [5.74, 6) is -0.441. The minimum absolute atomic E-state index is 0.0734. The highest BCUT2D eigenvalue weighted by Gasteiger charge is 2.27. The Morgan fingerprint density at radius 2 is 2.03 bits per heavy atom. The van der Waals surface area contributed by atoms with E-state index in [1.807, 2.05) is 12.1 Å². The molecule has 0 spiro atoms. The van der Waals surface area contributed by atoms with Crippen LogP contribution in [0, 0.1) is 11.3 Å². The van der Waals surface area contributed by atoms with Crippen LogP contribution < -0.4 is 10.1 Å². The fraction of sp³-hybridized carbons (Fsp3) is 0.318. The van der Waals surface area contributed by atoms with Gasteiger partial charge in [0, 0.05) is 10.4 Å². The molecule has 0 radical (unpaired) electrons. The molecular formula is C22H22N2O4S. The molecule has 0 bridgehead atoms. The average Bonchev–Trinajstić information content (AvgIpc) is 3.10. The first-order valence-corrected chi connectivity index (χ1v) is 10.3. The van der Waals surface area contributed by atoms with Gasteiger partial charge in [0.1, 0.15) is 22.4 Å². The topological polar surface area (TPSA) is 88.4 Å². The Labute approximate surface area is 173 Å². The van der Waals surface area contributed by atoms with E-state index in [1.165, 1.54) is 24.5 Å². The van der Waals surface area contributed by atoms with Gasteiger partial charge in [-0.15, -0.1) is 11.3 Å². The van der Waals surface area contributed by atoms with Gasteiger partial charge in [0.05, 0.1) is 19.3 Å². The number of carbonyl (C=O) groups is 2. The van der Waals surface area contributed by atoms with Crippen LogP contribution in [0.3, 0.4) is 0 Å². The molecule has 3 rings (SSSR count). The number of hydrogen-bond acceptors (Lipinski definition) is 6. The van der Waals surface area contributed by atoms with Gasteiger partial charge in [-0.1, -0.05) is 18.2 Å². The Morgan fingerprint density at radius 3 is 2.76 bits per heavy atom. The van der Waals surface area contributed by atoms with Gasteiger partial charge in [0.15, 0.2) is 0 Å². The first-order valence-electron chi connectivity index (χ1n) is 9.46. The lowest BCUT2D eigenvalue weighted by Crippen LogP contribution is -2.16. The Balaban J connectivity index is 1.93. The van der Waals surface area contributed by atoms with E-state index < -0.39 is 11.9 Å². The maximum absolute atomic E-state index is 12.8. The maximum Gasteiger partial charge on any atom is 0.341 e. The number of carbonyl (C=O) groups excluding carboxylic acids is 2. The monoisotopic (exact) mass is 410 g/mol. The second-order valence-electron chi connectivity index (χ2n) is 6.50. The Bertz CT molecular complexity index is 1000. The third kappa shape index (κ3) is 4.49. The van der Waals surface area contributed by atoms with Crippen LogP contribution in [0.25, 0.3) is 6.08 Å². The summed E-state index contributed by atoms with van der Waals surface area (Å²) in [6.07, 6.45) is 5.20. The summed E-state index contributed by atoms with van der Waals surface area (Å²) in [5, 5.41) is 12.7. The van der Waals surface area contributed by atoms with Crippen LogP contribution in [0.4, 0.5) is 5.00 Å². The van der Waals surface area contributed by atoms with Crippen molar-refractivity contribution in [3.63, 3.8) is 0 Å². The number of ether oxygens (including phenoxy) is 2. The molecule has 29 heavy (non-hydrogen) atoms. The first-order chi connectivity index (χ1) is 14.1. The number of hydrogen-bond donors (Lipinski definition) is 1. The molecule has 1 amide bonds. The molecular weight excluding hydrogens is 388 g/mol. The lowest BCUT2D eigenvalue weighted by molar-refractivity contribution is -0.112. The van der Waals surface area contributed by atoms with E-state index in [9.17, 15) is 14.9 Å². The molecule has 0 saturated heterocycles. The lowest BCUT2D eigenvalue weighted by Gasteiger charge is -2.12. The SMILES string of the molecule is CCOC(=O)c1c(NC(=O)C(C#N)=Cc2ccccc2OC)sc2c1CCCC2. The van der Waals surface area contributed by atoms with Gasteiger partial charge in [-0.2, -0.15) is 5.26 Å². The van der Waals surface area contributed by atoms with Gasteiger partial charge < -0.3 is 14.8 Å². The molecule has 150 valence electrons. The van der Waals surface area contributed by atoms with Crippen LogP contribution in [0.1, 0.15) is 46.1 Å². The molecule has 0 fully saturated rings. The van der Waals surface area contributed by atoms with Crippen molar-refractivity contribution in [3.05, 3.63) is 51.4 Å². The zero-order valence-corrected chi connectivity index (χ0v) is 17.2. The van der Waals surface area contributed by atoms with E-state index in [0.717, 1.165) is 36.1 Å². The largest absolute Gasteiger partial charge is 0.496 e. The standard InChI is InChI=1S/C22H22N2O4S/c1-3-28-22(26)19-16-9-5-7-11-18(16)29-21(19)24-20(25)15(13-23)12-14-8-4-6-10-17(14)27-2/h4,6,8,10,12H,3,5,7,9,11H2,1-2H3,(H,24,25). The van der Waals surface area contributed by atoms with Crippen molar-refractivity contribution in [2.75, 3.05) is 19.0 Å². The minimum atomic E-state index is -0.567. The summed E-state index contributed by atoms with van der Waals surface area (Å²) < 4.78 is 10.5. The molecule has 1 aromatic heterocycles. The summed E-state index contributed by atoms with van der Waals surface area (Å²) in [7, 11) is 1.53. The number of anilines is 1. The van der Waals surface area contributed by atoms with E-state index in [2.05, 4.69) is 5.32 Å². The highest BCUT2D eigenvalue weighted by Crippen LogP contribution is 2.38. The van der Waals surface area contributed by atoms with E-state index >= 15 is 0 Å². The molecule has 2 aromatic rings. The summed E-state index contributed by atoms with van der Waals surface area (Å²) >= 11 is 1.39. The number of para-hydroxylation sites is 1. The second-order valence-corrected chi connectivity index (χ2v) is 7.61. The number of rotatable bonds is 6. The molecule has 1 aliphatic carbocycles. The van der Waals surface area contributed by atoms with Crippen molar-refractivity contribution < 1.29 is 19.1 Å². The molecule has 0 unspecified atom stereocenters. The molecule has 1 aromatic carbocycles. The van der Waals surface area contributed by atoms with Crippen LogP contribution in [0.15, 0.2) is 29.8 Å². The van der Waals surface area contributed by atoms with E-state index in [0.29, 0.717) is 21.9 Å². The Morgan fingerprint density at radius 1 is 1.28 bits per heavy atom. The molecule has 6 nitrogen and oxygen atoms in total. The number of aryl methyl sites for hydroxylation is 1. The number of esters is 1.